The molecular weight excluding hydrogens is 631 g/mol. The minimum absolute atomic E-state index is 0.946. The van der Waals surface area contributed by atoms with Crippen LogP contribution < -0.4 is 9.80 Å². The zero-order chi connectivity index (χ0) is 35.0. The second-order valence-corrected chi connectivity index (χ2v) is 14.0. The van der Waals surface area contributed by atoms with Crippen LogP contribution in [0.4, 0.5) is 22.7 Å². The third-order valence-corrected chi connectivity index (χ3v) is 11.1. The van der Waals surface area contributed by atoms with Gasteiger partial charge in [0.2, 0.25) is 5.69 Å². The molecule has 9 rings (SSSR count). The lowest BCUT2D eigenvalue weighted by Crippen LogP contribution is -2.18. The fourth-order valence-electron chi connectivity index (χ4n) is 8.71. The minimum atomic E-state index is 0.946. The lowest BCUT2D eigenvalue weighted by atomic mass is 10.0. The van der Waals surface area contributed by atoms with Gasteiger partial charge in [0.25, 0.3) is 0 Å². The Labute approximate surface area is 307 Å². The third-order valence-electron chi connectivity index (χ3n) is 11.1. The molecule has 0 radical (unpaired) electrons. The van der Waals surface area contributed by atoms with E-state index in [-0.39, 0.29) is 0 Å². The summed E-state index contributed by atoms with van der Waals surface area (Å²) in [6, 6.07) is 48.5. The molecule has 0 aromatic heterocycles. The highest BCUT2D eigenvalue weighted by Crippen LogP contribution is 2.43. The number of fused-ring (bicyclic) bond motifs is 6. The van der Waals surface area contributed by atoms with Crippen LogP contribution in [0, 0.1) is 0 Å². The lowest BCUT2D eigenvalue weighted by Gasteiger charge is -2.28. The van der Waals surface area contributed by atoms with Crippen molar-refractivity contribution in [2.24, 2.45) is 0 Å². The molecule has 254 valence electrons. The second-order valence-electron chi connectivity index (χ2n) is 14.0. The number of hydrogen-bond acceptors (Lipinski definition) is 2. The van der Waals surface area contributed by atoms with Gasteiger partial charge in [-0.15, -0.1) is 0 Å². The van der Waals surface area contributed by atoms with Gasteiger partial charge in [0.15, 0.2) is 5.71 Å². The van der Waals surface area contributed by atoms with Gasteiger partial charge in [-0.25, -0.2) is 0 Å². The number of hydrogen-bond donors (Lipinski definition) is 0. The van der Waals surface area contributed by atoms with Crippen molar-refractivity contribution in [2.75, 3.05) is 22.9 Å². The molecule has 0 N–H and O–H groups in total. The van der Waals surface area contributed by atoms with E-state index in [2.05, 4.69) is 186 Å². The van der Waals surface area contributed by atoms with Crippen LogP contribution in [0.5, 0.6) is 0 Å². The second kappa shape index (κ2) is 13.7. The van der Waals surface area contributed by atoms with Gasteiger partial charge < -0.3 is 9.80 Å². The summed E-state index contributed by atoms with van der Waals surface area (Å²) in [5, 5.41) is 5.36. The van der Waals surface area contributed by atoms with E-state index in [1.807, 2.05) is 0 Å². The Kier molecular flexibility index (Phi) is 8.40. The predicted molar refractivity (Wildman–Crippen MR) is 220 cm³/mol. The molecule has 6 aromatic rings. The summed E-state index contributed by atoms with van der Waals surface area (Å²) in [4.78, 5) is 4.98. The number of rotatable bonds is 8. The van der Waals surface area contributed by atoms with Gasteiger partial charge in [0.05, 0.1) is 12.1 Å². The first kappa shape index (κ1) is 32.0. The van der Waals surface area contributed by atoms with E-state index in [1.54, 1.807) is 0 Å². The van der Waals surface area contributed by atoms with Crippen LogP contribution in [0.25, 0.3) is 21.5 Å². The molecule has 1 aliphatic carbocycles. The molecule has 0 spiro atoms. The standard InChI is InChI=1S/C49H44N3/c1-3-50-41(33-45-43-21-13-11-15-35(43)27-31-47(45)50)29-25-37-23-24-38(49(37)52(39-17-7-5-8-18-39)40-19-9-6-10-20-40)26-30-42-34-46-44-22-14-12-16-36(44)28-32-48(46)51(42)4-2/h5-22,25-32H,3-4,23-24,33-34H2,1-2H3/q+1. The zero-order valence-corrected chi connectivity index (χ0v) is 30.1. The van der Waals surface area contributed by atoms with Crippen LogP contribution in [-0.4, -0.2) is 23.4 Å². The van der Waals surface area contributed by atoms with Crippen molar-refractivity contribution in [1.29, 1.82) is 0 Å². The molecule has 6 aromatic carbocycles. The Balaban J connectivity index is 1.15. The highest BCUT2D eigenvalue weighted by molar-refractivity contribution is 6.02. The number of likely N-dealkylation sites (N-methyl/N-ethyl adjacent to an activating group) is 1. The SMILES string of the molecule is CCN1C(=CC=C2CCC(C=CC3=[N+](CC)c4ccc5ccccc5c4C3)=C2N(c2ccccc2)c2ccccc2)Cc2c1ccc1ccccc21. The maximum absolute atomic E-state index is 2.50. The van der Waals surface area contributed by atoms with Crippen molar-refractivity contribution < 1.29 is 4.58 Å². The number of nitrogens with zero attached hydrogens (tertiary/aromatic N) is 3. The van der Waals surface area contributed by atoms with Crippen LogP contribution in [0.1, 0.15) is 37.8 Å². The molecule has 0 saturated heterocycles. The minimum Gasteiger partial charge on any atom is -0.345 e. The smallest absolute Gasteiger partial charge is 0.209 e. The predicted octanol–water partition coefficient (Wildman–Crippen LogP) is 12.0. The number of allylic oxidation sites excluding steroid dienone is 7. The summed E-state index contributed by atoms with van der Waals surface area (Å²) in [6.45, 7) is 6.43. The summed E-state index contributed by atoms with van der Waals surface area (Å²) < 4.78 is 2.50. The van der Waals surface area contributed by atoms with Crippen molar-refractivity contribution in [1.82, 2.24) is 0 Å². The Morgan fingerprint density at radius 1 is 0.615 bits per heavy atom. The molecule has 0 atom stereocenters. The topological polar surface area (TPSA) is 9.49 Å². The maximum Gasteiger partial charge on any atom is 0.209 e. The van der Waals surface area contributed by atoms with Crippen molar-refractivity contribution in [3.63, 3.8) is 0 Å². The molecule has 0 amide bonds. The first-order valence-corrected chi connectivity index (χ1v) is 18.9. The molecule has 52 heavy (non-hydrogen) atoms. The average molecular weight is 675 g/mol. The summed E-state index contributed by atoms with van der Waals surface area (Å²) in [6.07, 6.45) is 13.5. The highest BCUT2D eigenvalue weighted by Gasteiger charge is 2.31. The van der Waals surface area contributed by atoms with Crippen LogP contribution >= 0.6 is 0 Å². The summed E-state index contributed by atoms with van der Waals surface area (Å²) in [5.41, 5.74) is 14.7. The maximum atomic E-state index is 2.50. The van der Waals surface area contributed by atoms with E-state index in [4.69, 9.17) is 0 Å². The summed E-state index contributed by atoms with van der Waals surface area (Å²) >= 11 is 0. The first-order chi connectivity index (χ1) is 25.7. The monoisotopic (exact) mass is 674 g/mol. The molecule has 0 bridgehead atoms. The Hall–Kier alpha value is -5.93. The number of para-hydroxylation sites is 2. The largest absolute Gasteiger partial charge is 0.345 e. The van der Waals surface area contributed by atoms with Crippen LogP contribution in [0.3, 0.4) is 0 Å². The molecule has 3 heteroatoms. The number of benzene rings is 6. The van der Waals surface area contributed by atoms with Crippen molar-refractivity contribution in [2.45, 2.75) is 39.5 Å². The fourth-order valence-corrected chi connectivity index (χ4v) is 8.71. The van der Waals surface area contributed by atoms with E-state index >= 15 is 0 Å². The van der Waals surface area contributed by atoms with Gasteiger partial charge in [0.1, 0.15) is 6.54 Å². The highest BCUT2D eigenvalue weighted by atomic mass is 15.2. The fraction of sp³-hybridized carbons (Fsp3) is 0.163. The molecule has 0 fully saturated rings. The van der Waals surface area contributed by atoms with Crippen molar-refractivity contribution in [3.8, 4) is 0 Å². The van der Waals surface area contributed by atoms with E-state index in [9.17, 15) is 0 Å². The normalized spacial score (nSPS) is 17.1. The van der Waals surface area contributed by atoms with Gasteiger partial charge in [-0.05, 0) is 107 Å². The Bertz CT molecular complexity index is 2440. The number of anilines is 3. The van der Waals surface area contributed by atoms with Crippen molar-refractivity contribution >= 4 is 50.0 Å². The van der Waals surface area contributed by atoms with Gasteiger partial charge in [-0.1, -0.05) is 103 Å². The van der Waals surface area contributed by atoms with E-state index < -0.39 is 0 Å². The molecule has 0 unspecified atom stereocenters. The van der Waals surface area contributed by atoms with Crippen LogP contribution in [0.2, 0.25) is 0 Å². The van der Waals surface area contributed by atoms with E-state index in [1.165, 1.54) is 83.7 Å². The van der Waals surface area contributed by atoms with E-state index in [0.29, 0.717) is 0 Å². The van der Waals surface area contributed by atoms with Crippen molar-refractivity contribution in [3.05, 3.63) is 191 Å². The quantitative estimate of drug-likeness (QED) is 0.149. The Morgan fingerprint density at radius 2 is 1.25 bits per heavy atom. The summed E-state index contributed by atoms with van der Waals surface area (Å²) in [5.74, 6) is 0. The molecule has 2 aliphatic heterocycles. The van der Waals surface area contributed by atoms with Crippen LogP contribution in [-0.2, 0) is 12.8 Å². The average Bonchev–Trinajstić information content (AvgIpc) is 3.90. The molecule has 3 aliphatic rings. The Morgan fingerprint density at radius 3 is 1.92 bits per heavy atom. The van der Waals surface area contributed by atoms with Gasteiger partial charge in [-0.2, -0.15) is 4.58 Å². The summed E-state index contributed by atoms with van der Waals surface area (Å²) in [7, 11) is 0. The lowest BCUT2D eigenvalue weighted by molar-refractivity contribution is -0.432. The zero-order valence-electron chi connectivity index (χ0n) is 30.1. The van der Waals surface area contributed by atoms with E-state index in [0.717, 1.165) is 38.8 Å². The van der Waals surface area contributed by atoms with Gasteiger partial charge in [0, 0.05) is 53.4 Å². The van der Waals surface area contributed by atoms with Crippen LogP contribution in [0.15, 0.2) is 180 Å². The van der Waals surface area contributed by atoms with Gasteiger partial charge in [-0.3, -0.25) is 0 Å². The van der Waals surface area contributed by atoms with Gasteiger partial charge >= 0.3 is 0 Å². The molecule has 3 nitrogen and oxygen atoms in total. The third kappa shape index (κ3) is 5.58. The molecule has 2 heterocycles. The first-order valence-electron chi connectivity index (χ1n) is 18.9. The molecular formula is C49H44N3+. The molecule has 0 saturated carbocycles.